The van der Waals surface area contributed by atoms with Gasteiger partial charge in [0.15, 0.2) is 0 Å². The highest BCUT2D eigenvalue weighted by molar-refractivity contribution is 7.89. The van der Waals surface area contributed by atoms with Crippen molar-refractivity contribution in [2.45, 2.75) is 31.2 Å². The summed E-state index contributed by atoms with van der Waals surface area (Å²) in [6.07, 6.45) is 0.888. The van der Waals surface area contributed by atoms with Crippen molar-refractivity contribution < 1.29 is 8.42 Å². The number of nitrogens with zero attached hydrogens (tertiary/aromatic N) is 1. The lowest BCUT2D eigenvalue weighted by molar-refractivity contribution is 0.237. The van der Waals surface area contributed by atoms with E-state index in [1.807, 2.05) is 6.07 Å². The molecule has 1 N–H and O–H groups in total. The predicted molar refractivity (Wildman–Crippen MR) is 76.4 cm³/mol. The largest absolute Gasteiger partial charge is 0.314 e. The molecular formula is C14H22N2O2S. The Bertz CT molecular complexity index is 499. The van der Waals surface area contributed by atoms with Gasteiger partial charge in [0.25, 0.3) is 0 Å². The molecule has 1 unspecified atom stereocenters. The van der Waals surface area contributed by atoms with E-state index in [1.165, 1.54) is 0 Å². The van der Waals surface area contributed by atoms with Gasteiger partial charge >= 0.3 is 0 Å². The van der Waals surface area contributed by atoms with E-state index in [1.54, 1.807) is 28.6 Å². The molecular weight excluding hydrogens is 260 g/mol. The molecule has 0 amide bonds. The van der Waals surface area contributed by atoms with Crippen LogP contribution in [0.2, 0.25) is 0 Å². The van der Waals surface area contributed by atoms with Crippen LogP contribution in [0.25, 0.3) is 0 Å². The second-order valence-corrected chi connectivity index (χ2v) is 7.31. The normalized spacial score (nSPS) is 21.7. The van der Waals surface area contributed by atoms with E-state index in [2.05, 4.69) is 19.2 Å². The maximum Gasteiger partial charge on any atom is 0.243 e. The number of piperazine rings is 1. The van der Waals surface area contributed by atoms with E-state index in [0.29, 0.717) is 17.4 Å². The number of benzene rings is 1. The summed E-state index contributed by atoms with van der Waals surface area (Å²) in [4.78, 5) is 0.394. The second-order valence-electron chi connectivity index (χ2n) is 5.42. The minimum absolute atomic E-state index is 0.0546. The number of sulfonamides is 1. The topological polar surface area (TPSA) is 49.4 Å². The van der Waals surface area contributed by atoms with Crippen LogP contribution in [0.5, 0.6) is 0 Å². The van der Waals surface area contributed by atoms with Gasteiger partial charge < -0.3 is 5.32 Å². The van der Waals surface area contributed by atoms with Crippen molar-refractivity contribution in [1.29, 1.82) is 0 Å². The van der Waals surface area contributed by atoms with Gasteiger partial charge in [-0.05, 0) is 24.5 Å². The van der Waals surface area contributed by atoms with Gasteiger partial charge in [-0.3, -0.25) is 0 Å². The molecule has 2 rings (SSSR count). The third kappa shape index (κ3) is 3.35. The SMILES string of the molecule is CC(C)CC1CNCCN1S(=O)(=O)c1ccccc1. The Balaban J connectivity index is 2.26. The summed E-state index contributed by atoms with van der Waals surface area (Å²) in [6.45, 7) is 6.27. The summed E-state index contributed by atoms with van der Waals surface area (Å²) >= 11 is 0. The Morgan fingerprint density at radius 2 is 2.00 bits per heavy atom. The molecule has 4 nitrogen and oxygen atoms in total. The second kappa shape index (κ2) is 6.03. The summed E-state index contributed by atoms with van der Waals surface area (Å²) in [5.74, 6) is 0.485. The molecule has 1 atom stereocenters. The highest BCUT2D eigenvalue weighted by atomic mass is 32.2. The molecule has 19 heavy (non-hydrogen) atoms. The van der Waals surface area contributed by atoms with Crippen LogP contribution in [-0.2, 0) is 10.0 Å². The van der Waals surface area contributed by atoms with Crippen LogP contribution in [0.15, 0.2) is 35.2 Å². The van der Waals surface area contributed by atoms with E-state index in [0.717, 1.165) is 19.5 Å². The van der Waals surface area contributed by atoms with Gasteiger partial charge in [-0.2, -0.15) is 4.31 Å². The Hall–Kier alpha value is -0.910. The summed E-state index contributed by atoms with van der Waals surface area (Å²) in [7, 11) is -3.36. The predicted octanol–water partition coefficient (Wildman–Crippen LogP) is 1.70. The summed E-state index contributed by atoms with van der Waals surface area (Å²) in [5, 5.41) is 3.29. The first-order valence-corrected chi connectivity index (χ1v) is 8.23. The van der Waals surface area contributed by atoms with Crippen LogP contribution >= 0.6 is 0 Å². The monoisotopic (exact) mass is 282 g/mol. The number of hydrogen-bond donors (Lipinski definition) is 1. The lowest BCUT2D eigenvalue weighted by atomic mass is 10.0. The van der Waals surface area contributed by atoms with Crippen LogP contribution in [0.4, 0.5) is 0 Å². The van der Waals surface area contributed by atoms with Crippen molar-refractivity contribution in [3.05, 3.63) is 30.3 Å². The fourth-order valence-corrected chi connectivity index (χ4v) is 4.19. The van der Waals surface area contributed by atoms with Crippen molar-refractivity contribution in [2.75, 3.05) is 19.6 Å². The van der Waals surface area contributed by atoms with E-state index in [9.17, 15) is 8.42 Å². The highest BCUT2D eigenvalue weighted by Crippen LogP contribution is 2.22. The molecule has 1 aliphatic heterocycles. The van der Waals surface area contributed by atoms with Crippen LogP contribution in [0.1, 0.15) is 20.3 Å². The smallest absolute Gasteiger partial charge is 0.243 e. The minimum Gasteiger partial charge on any atom is -0.314 e. The molecule has 1 saturated heterocycles. The number of nitrogens with one attached hydrogen (secondary N) is 1. The molecule has 0 bridgehead atoms. The molecule has 1 aromatic rings. The van der Waals surface area contributed by atoms with E-state index >= 15 is 0 Å². The van der Waals surface area contributed by atoms with Gasteiger partial charge in [-0.15, -0.1) is 0 Å². The lowest BCUT2D eigenvalue weighted by Crippen LogP contribution is -2.53. The molecule has 0 aromatic heterocycles. The third-order valence-corrected chi connectivity index (χ3v) is 5.36. The van der Waals surface area contributed by atoms with Crippen molar-refractivity contribution in [3.63, 3.8) is 0 Å². The van der Waals surface area contributed by atoms with Gasteiger partial charge in [-0.1, -0.05) is 32.0 Å². The zero-order valence-corrected chi connectivity index (χ0v) is 12.4. The lowest BCUT2D eigenvalue weighted by Gasteiger charge is -2.36. The van der Waals surface area contributed by atoms with Crippen LogP contribution in [0, 0.1) is 5.92 Å². The van der Waals surface area contributed by atoms with E-state index in [4.69, 9.17) is 0 Å². The average molecular weight is 282 g/mol. The summed E-state index contributed by atoms with van der Waals surface area (Å²) in [5.41, 5.74) is 0. The van der Waals surface area contributed by atoms with Crippen molar-refractivity contribution >= 4 is 10.0 Å². The zero-order chi connectivity index (χ0) is 13.9. The molecule has 1 heterocycles. The van der Waals surface area contributed by atoms with Crippen LogP contribution in [-0.4, -0.2) is 38.4 Å². The van der Waals surface area contributed by atoms with Crippen LogP contribution in [0.3, 0.4) is 0 Å². The Labute approximate surface area is 115 Å². The molecule has 1 aromatic carbocycles. The molecule has 0 saturated carbocycles. The first-order valence-electron chi connectivity index (χ1n) is 6.79. The van der Waals surface area contributed by atoms with Crippen molar-refractivity contribution in [3.8, 4) is 0 Å². The highest BCUT2D eigenvalue weighted by Gasteiger charge is 2.33. The fraction of sp³-hybridized carbons (Fsp3) is 0.571. The van der Waals surface area contributed by atoms with Gasteiger partial charge in [-0.25, -0.2) is 8.42 Å². The molecule has 5 heteroatoms. The molecule has 0 aliphatic carbocycles. The fourth-order valence-electron chi connectivity index (χ4n) is 2.53. The van der Waals surface area contributed by atoms with E-state index < -0.39 is 10.0 Å². The first-order chi connectivity index (χ1) is 9.01. The molecule has 106 valence electrons. The standard InChI is InChI=1S/C14H22N2O2S/c1-12(2)10-13-11-15-8-9-16(13)19(17,18)14-6-4-3-5-7-14/h3-7,12-13,15H,8-11H2,1-2H3. The molecule has 1 fully saturated rings. The van der Waals surface area contributed by atoms with E-state index in [-0.39, 0.29) is 6.04 Å². The third-order valence-electron chi connectivity index (χ3n) is 3.39. The Morgan fingerprint density at radius 3 is 2.63 bits per heavy atom. The summed E-state index contributed by atoms with van der Waals surface area (Å²) in [6, 6.07) is 8.77. The first kappa shape index (κ1) is 14.5. The van der Waals surface area contributed by atoms with Gasteiger partial charge in [0.05, 0.1) is 4.90 Å². The molecule has 1 aliphatic rings. The maximum atomic E-state index is 12.7. The van der Waals surface area contributed by atoms with Gasteiger partial charge in [0.1, 0.15) is 0 Å². The van der Waals surface area contributed by atoms with Crippen molar-refractivity contribution in [1.82, 2.24) is 9.62 Å². The number of hydrogen-bond acceptors (Lipinski definition) is 3. The minimum atomic E-state index is -3.36. The van der Waals surface area contributed by atoms with Crippen LogP contribution < -0.4 is 5.32 Å². The Kier molecular flexibility index (Phi) is 4.60. The van der Waals surface area contributed by atoms with Gasteiger partial charge in [0, 0.05) is 25.7 Å². The van der Waals surface area contributed by atoms with Gasteiger partial charge in [0.2, 0.25) is 10.0 Å². The molecule has 0 radical (unpaired) electrons. The summed E-state index contributed by atoms with van der Waals surface area (Å²) < 4.78 is 27.0. The average Bonchev–Trinajstić information content (AvgIpc) is 2.39. The quantitative estimate of drug-likeness (QED) is 0.914. The molecule has 0 spiro atoms. The zero-order valence-electron chi connectivity index (χ0n) is 11.5. The maximum absolute atomic E-state index is 12.7. The Morgan fingerprint density at radius 1 is 1.32 bits per heavy atom. The number of rotatable bonds is 4. The van der Waals surface area contributed by atoms with Crippen molar-refractivity contribution in [2.24, 2.45) is 5.92 Å².